The Morgan fingerprint density at radius 1 is 1.26 bits per heavy atom. The summed E-state index contributed by atoms with van der Waals surface area (Å²) in [6.07, 6.45) is 0. The van der Waals surface area contributed by atoms with E-state index < -0.39 is 0 Å². The van der Waals surface area contributed by atoms with Crippen LogP contribution in [0.15, 0.2) is 39.3 Å². The number of hydrogen-bond acceptors (Lipinski definition) is 2. The molecule has 1 aromatic heterocycles. The predicted molar refractivity (Wildman–Crippen MR) is 83.8 cm³/mol. The van der Waals surface area contributed by atoms with E-state index in [4.69, 9.17) is 11.6 Å². The van der Waals surface area contributed by atoms with Crippen LogP contribution in [0.2, 0.25) is 5.02 Å². The van der Waals surface area contributed by atoms with Gasteiger partial charge in [0.25, 0.3) is 5.91 Å². The Hall–Kier alpha value is -0.910. The standard InChI is InChI=1S/C13H9Br2ClN2O/c1-7-11(15)2-3-12(17-7)18-13(19)8-4-9(14)6-10(16)5-8/h2-6H,1H3,(H,17,18,19). The van der Waals surface area contributed by atoms with E-state index in [1.54, 1.807) is 24.3 Å². The number of halogens is 3. The van der Waals surface area contributed by atoms with Gasteiger partial charge in [0.2, 0.25) is 0 Å². The minimum absolute atomic E-state index is 0.252. The maximum atomic E-state index is 12.1. The van der Waals surface area contributed by atoms with Crippen LogP contribution in [0, 0.1) is 6.92 Å². The van der Waals surface area contributed by atoms with Crippen molar-refractivity contribution >= 4 is 55.2 Å². The number of anilines is 1. The highest BCUT2D eigenvalue weighted by atomic mass is 79.9. The van der Waals surface area contributed by atoms with Crippen LogP contribution in [0.3, 0.4) is 0 Å². The van der Waals surface area contributed by atoms with Gasteiger partial charge in [0.15, 0.2) is 0 Å². The molecule has 0 unspecified atom stereocenters. The largest absolute Gasteiger partial charge is 0.307 e. The van der Waals surface area contributed by atoms with Crippen LogP contribution < -0.4 is 5.32 Å². The topological polar surface area (TPSA) is 42.0 Å². The highest BCUT2D eigenvalue weighted by molar-refractivity contribution is 9.10. The van der Waals surface area contributed by atoms with E-state index in [0.717, 1.165) is 14.6 Å². The molecule has 0 atom stereocenters. The first-order valence-corrected chi connectivity index (χ1v) is 7.32. The molecular formula is C13H9Br2ClN2O. The summed E-state index contributed by atoms with van der Waals surface area (Å²) in [7, 11) is 0. The lowest BCUT2D eigenvalue weighted by Crippen LogP contribution is -2.13. The minimum atomic E-state index is -0.252. The van der Waals surface area contributed by atoms with Crippen LogP contribution >= 0.6 is 43.5 Å². The lowest BCUT2D eigenvalue weighted by Gasteiger charge is -2.07. The predicted octanol–water partition coefficient (Wildman–Crippen LogP) is 4.82. The van der Waals surface area contributed by atoms with Gasteiger partial charge < -0.3 is 5.32 Å². The van der Waals surface area contributed by atoms with E-state index >= 15 is 0 Å². The number of rotatable bonds is 2. The second kappa shape index (κ2) is 6.03. The lowest BCUT2D eigenvalue weighted by molar-refractivity contribution is 0.102. The maximum Gasteiger partial charge on any atom is 0.256 e. The first kappa shape index (κ1) is 14.5. The van der Waals surface area contributed by atoms with E-state index in [1.165, 1.54) is 0 Å². The normalized spacial score (nSPS) is 10.3. The van der Waals surface area contributed by atoms with Gasteiger partial charge >= 0.3 is 0 Å². The van der Waals surface area contributed by atoms with Crippen molar-refractivity contribution in [2.45, 2.75) is 6.92 Å². The highest BCUT2D eigenvalue weighted by Crippen LogP contribution is 2.21. The number of carbonyl (C=O) groups excluding carboxylic acids is 1. The van der Waals surface area contributed by atoms with Gasteiger partial charge in [-0.25, -0.2) is 4.98 Å². The van der Waals surface area contributed by atoms with Crippen LogP contribution in [0.4, 0.5) is 5.82 Å². The van der Waals surface area contributed by atoms with Crippen molar-refractivity contribution in [2.24, 2.45) is 0 Å². The number of aromatic nitrogens is 1. The number of nitrogens with one attached hydrogen (secondary N) is 1. The van der Waals surface area contributed by atoms with Crippen molar-refractivity contribution in [2.75, 3.05) is 5.32 Å². The summed E-state index contributed by atoms with van der Waals surface area (Å²) >= 11 is 12.6. The van der Waals surface area contributed by atoms with Crippen molar-refractivity contribution in [1.29, 1.82) is 0 Å². The Bertz CT molecular complexity index is 626. The zero-order chi connectivity index (χ0) is 14.0. The van der Waals surface area contributed by atoms with E-state index in [0.29, 0.717) is 16.4 Å². The Labute approximate surface area is 132 Å². The van der Waals surface area contributed by atoms with Crippen LogP contribution in [0.25, 0.3) is 0 Å². The Morgan fingerprint density at radius 3 is 2.63 bits per heavy atom. The Kier molecular flexibility index (Phi) is 4.60. The average Bonchev–Trinajstić information content (AvgIpc) is 2.32. The molecular weight excluding hydrogens is 395 g/mol. The highest BCUT2D eigenvalue weighted by Gasteiger charge is 2.09. The second-order valence-electron chi connectivity index (χ2n) is 3.88. The Morgan fingerprint density at radius 2 is 2.00 bits per heavy atom. The number of aryl methyl sites for hydroxylation is 1. The molecule has 0 radical (unpaired) electrons. The monoisotopic (exact) mass is 402 g/mol. The fourth-order valence-corrected chi connectivity index (χ4v) is 2.57. The SMILES string of the molecule is Cc1nc(NC(=O)c2cc(Cl)cc(Br)c2)ccc1Br. The molecule has 6 heteroatoms. The first-order chi connectivity index (χ1) is 8.95. The van der Waals surface area contributed by atoms with Gasteiger partial charge in [-0.1, -0.05) is 27.5 Å². The summed E-state index contributed by atoms with van der Waals surface area (Å²) in [5.41, 5.74) is 1.28. The third kappa shape index (κ3) is 3.78. The van der Waals surface area contributed by atoms with Crippen molar-refractivity contribution < 1.29 is 4.79 Å². The summed E-state index contributed by atoms with van der Waals surface area (Å²) in [6.45, 7) is 1.86. The molecule has 0 fully saturated rings. The summed E-state index contributed by atoms with van der Waals surface area (Å²) in [4.78, 5) is 16.3. The zero-order valence-electron chi connectivity index (χ0n) is 9.88. The molecule has 1 amide bonds. The second-order valence-corrected chi connectivity index (χ2v) is 6.08. The van der Waals surface area contributed by atoms with Gasteiger partial charge in [-0.3, -0.25) is 4.79 Å². The summed E-state index contributed by atoms with van der Waals surface area (Å²) < 4.78 is 1.65. The lowest BCUT2D eigenvalue weighted by atomic mass is 10.2. The number of hydrogen-bond donors (Lipinski definition) is 1. The van der Waals surface area contributed by atoms with Crippen molar-refractivity contribution in [3.63, 3.8) is 0 Å². The molecule has 3 nitrogen and oxygen atoms in total. The molecule has 1 heterocycles. The van der Waals surface area contributed by atoms with E-state index in [-0.39, 0.29) is 5.91 Å². The molecule has 0 spiro atoms. The van der Waals surface area contributed by atoms with E-state index in [1.807, 2.05) is 13.0 Å². The number of amides is 1. The van der Waals surface area contributed by atoms with Gasteiger partial charge in [-0.2, -0.15) is 0 Å². The molecule has 0 aliphatic heterocycles. The van der Waals surface area contributed by atoms with E-state index in [9.17, 15) is 4.79 Å². The number of pyridine rings is 1. The fourth-order valence-electron chi connectivity index (χ4n) is 1.49. The van der Waals surface area contributed by atoms with Gasteiger partial charge in [-0.05, 0) is 53.2 Å². The summed E-state index contributed by atoms with van der Waals surface area (Å²) in [5.74, 6) is 0.249. The average molecular weight is 404 g/mol. The molecule has 2 rings (SSSR count). The number of carbonyl (C=O) groups is 1. The smallest absolute Gasteiger partial charge is 0.256 e. The number of nitrogens with zero attached hydrogens (tertiary/aromatic N) is 1. The quantitative estimate of drug-likeness (QED) is 0.780. The molecule has 98 valence electrons. The number of benzene rings is 1. The van der Waals surface area contributed by atoms with Crippen LogP contribution in [0.5, 0.6) is 0 Å². The minimum Gasteiger partial charge on any atom is -0.307 e. The van der Waals surface area contributed by atoms with Gasteiger partial charge in [0, 0.05) is 19.5 Å². The van der Waals surface area contributed by atoms with Crippen LogP contribution in [-0.4, -0.2) is 10.9 Å². The van der Waals surface area contributed by atoms with Gasteiger partial charge in [0.1, 0.15) is 5.82 Å². The molecule has 2 aromatic rings. The Balaban J connectivity index is 2.22. The molecule has 1 N–H and O–H groups in total. The molecule has 1 aromatic carbocycles. The molecule has 0 bridgehead atoms. The molecule has 19 heavy (non-hydrogen) atoms. The third-order valence-corrected chi connectivity index (χ3v) is 3.90. The van der Waals surface area contributed by atoms with Gasteiger partial charge in [0.05, 0.1) is 5.69 Å². The van der Waals surface area contributed by atoms with Crippen LogP contribution in [-0.2, 0) is 0 Å². The van der Waals surface area contributed by atoms with Crippen LogP contribution in [0.1, 0.15) is 16.1 Å². The van der Waals surface area contributed by atoms with Gasteiger partial charge in [-0.15, -0.1) is 0 Å². The molecule has 0 saturated heterocycles. The summed E-state index contributed by atoms with van der Waals surface area (Å²) in [6, 6.07) is 8.60. The summed E-state index contributed by atoms with van der Waals surface area (Å²) in [5, 5.41) is 3.23. The molecule has 0 aliphatic rings. The fraction of sp³-hybridized carbons (Fsp3) is 0.0769. The van der Waals surface area contributed by atoms with Crippen molar-refractivity contribution in [3.8, 4) is 0 Å². The molecule has 0 saturated carbocycles. The van der Waals surface area contributed by atoms with Crippen molar-refractivity contribution in [3.05, 3.63) is 55.6 Å². The van der Waals surface area contributed by atoms with E-state index in [2.05, 4.69) is 42.2 Å². The zero-order valence-corrected chi connectivity index (χ0v) is 13.8. The molecule has 0 aliphatic carbocycles. The maximum absolute atomic E-state index is 12.1. The third-order valence-electron chi connectivity index (χ3n) is 2.39. The van der Waals surface area contributed by atoms with Crippen molar-refractivity contribution in [1.82, 2.24) is 4.98 Å². The first-order valence-electron chi connectivity index (χ1n) is 5.36.